The maximum absolute atomic E-state index is 13.9. The molecule has 1 aliphatic rings. The molecule has 0 bridgehead atoms. The Bertz CT molecular complexity index is 1670. The van der Waals surface area contributed by atoms with Gasteiger partial charge < -0.3 is 5.32 Å². The molecule has 2 N–H and O–H groups in total. The maximum Gasteiger partial charge on any atom is 0.274 e. The van der Waals surface area contributed by atoms with E-state index in [1.54, 1.807) is 22.9 Å². The summed E-state index contributed by atoms with van der Waals surface area (Å²) in [7, 11) is 0. The van der Waals surface area contributed by atoms with E-state index in [-0.39, 0.29) is 11.8 Å². The maximum atomic E-state index is 13.9. The number of benzene rings is 3. The van der Waals surface area contributed by atoms with E-state index in [1.807, 2.05) is 55.5 Å². The van der Waals surface area contributed by atoms with Crippen LogP contribution in [0.15, 0.2) is 71.7 Å². The van der Waals surface area contributed by atoms with Crippen molar-refractivity contribution in [3.8, 4) is 0 Å². The molecule has 0 saturated carbocycles. The number of amidine groups is 1. The highest BCUT2D eigenvalue weighted by molar-refractivity contribution is 6.33. The molecule has 1 aromatic heterocycles. The van der Waals surface area contributed by atoms with Crippen molar-refractivity contribution in [2.75, 3.05) is 5.32 Å². The van der Waals surface area contributed by atoms with Crippen molar-refractivity contribution in [1.29, 1.82) is 0 Å². The Morgan fingerprint density at radius 2 is 1.62 bits per heavy atom. The van der Waals surface area contributed by atoms with Gasteiger partial charge in [0.05, 0.1) is 22.8 Å². The highest BCUT2D eigenvalue weighted by atomic mass is 35.5. The Labute approximate surface area is 282 Å². The summed E-state index contributed by atoms with van der Waals surface area (Å²) >= 11 is 6.61. The third-order valence-electron chi connectivity index (χ3n) is 8.62. The third-order valence-corrected chi connectivity index (χ3v) is 8.94. The Balaban J connectivity index is 1.24. The molecule has 4 aromatic rings. The van der Waals surface area contributed by atoms with Gasteiger partial charge in [-0.2, -0.15) is 0 Å². The Hall–Kier alpha value is -4.24. The summed E-state index contributed by atoms with van der Waals surface area (Å²) in [5, 5.41) is 13.7. The van der Waals surface area contributed by atoms with Gasteiger partial charge in [0.15, 0.2) is 11.9 Å². The van der Waals surface area contributed by atoms with E-state index in [4.69, 9.17) is 16.6 Å². The van der Waals surface area contributed by atoms with E-state index in [0.717, 1.165) is 35.0 Å². The van der Waals surface area contributed by atoms with Crippen molar-refractivity contribution < 1.29 is 9.59 Å². The number of rotatable bonds is 17. The van der Waals surface area contributed by atoms with Crippen molar-refractivity contribution in [2.45, 2.75) is 103 Å². The van der Waals surface area contributed by atoms with Crippen LogP contribution in [0.5, 0.6) is 0 Å². The number of aliphatic imine (C=N–C) groups is 1. The normalized spacial score (nSPS) is 15.5. The smallest absolute Gasteiger partial charge is 0.274 e. The van der Waals surface area contributed by atoms with Gasteiger partial charge >= 0.3 is 0 Å². The summed E-state index contributed by atoms with van der Waals surface area (Å²) in [4.78, 5) is 31.5. The lowest BCUT2D eigenvalue weighted by Crippen LogP contribution is -2.35. The van der Waals surface area contributed by atoms with Gasteiger partial charge in [-0.1, -0.05) is 130 Å². The number of nitrogens with one attached hydrogen (secondary N) is 2. The lowest BCUT2D eigenvalue weighted by molar-refractivity contribution is -0.132. The van der Waals surface area contributed by atoms with Crippen molar-refractivity contribution in [3.63, 3.8) is 0 Å². The van der Waals surface area contributed by atoms with Crippen LogP contribution < -0.4 is 10.7 Å². The summed E-state index contributed by atoms with van der Waals surface area (Å²) in [6, 6.07) is 19.9. The summed E-state index contributed by atoms with van der Waals surface area (Å²) in [6.45, 7) is 4.55. The van der Waals surface area contributed by atoms with Gasteiger partial charge in [-0.25, -0.2) is 14.7 Å². The molecule has 9 nitrogen and oxygen atoms in total. The van der Waals surface area contributed by atoms with E-state index < -0.39 is 6.04 Å². The first kappa shape index (κ1) is 34.1. The Kier molecular flexibility index (Phi) is 12.4. The summed E-state index contributed by atoms with van der Waals surface area (Å²) in [6.07, 6.45) is 14.1. The number of hydrogen-bond acceptors (Lipinski definition) is 5. The highest BCUT2D eigenvalue weighted by Gasteiger charge is 2.41. The topological polar surface area (TPSA) is 105 Å². The minimum atomic E-state index is -0.874. The molecule has 248 valence electrons. The zero-order chi connectivity index (χ0) is 33.0. The zero-order valence-electron chi connectivity index (χ0n) is 27.6. The molecule has 1 fully saturated rings. The lowest BCUT2D eigenvalue weighted by Gasteiger charge is -2.15. The van der Waals surface area contributed by atoms with Gasteiger partial charge in [0.1, 0.15) is 5.52 Å². The molecule has 0 spiro atoms. The fraction of sp³-hybridized carbons (Fsp3) is 0.432. The number of nitrogens with zero attached hydrogens (tertiary/aromatic N) is 5. The van der Waals surface area contributed by atoms with Gasteiger partial charge in [-0.15, -0.1) is 5.10 Å². The van der Waals surface area contributed by atoms with Crippen molar-refractivity contribution in [1.82, 2.24) is 25.4 Å². The second kappa shape index (κ2) is 17.1. The molecule has 47 heavy (non-hydrogen) atoms. The van der Waals surface area contributed by atoms with Gasteiger partial charge in [-0.3, -0.25) is 15.0 Å². The molecule has 1 saturated heterocycles. The minimum absolute atomic E-state index is 0.0348. The van der Waals surface area contributed by atoms with Crippen LogP contribution in [-0.2, 0) is 16.1 Å². The Morgan fingerprint density at radius 1 is 0.915 bits per heavy atom. The number of aryl methyl sites for hydroxylation is 1. The van der Waals surface area contributed by atoms with Gasteiger partial charge in [0, 0.05) is 12.1 Å². The van der Waals surface area contributed by atoms with Crippen LogP contribution in [0.1, 0.15) is 101 Å². The Morgan fingerprint density at radius 3 is 2.34 bits per heavy atom. The molecule has 1 unspecified atom stereocenters. The molecule has 3 aromatic carbocycles. The highest BCUT2D eigenvalue weighted by Crippen LogP contribution is 2.32. The molecule has 1 aliphatic heterocycles. The number of carbonyl (C=O) groups is 2. The number of hydrogen-bond donors (Lipinski definition) is 2. The van der Waals surface area contributed by atoms with E-state index >= 15 is 0 Å². The van der Waals surface area contributed by atoms with Crippen molar-refractivity contribution >= 4 is 51.7 Å². The lowest BCUT2D eigenvalue weighted by atomic mass is 10.1. The molecule has 2 amide bonds. The van der Waals surface area contributed by atoms with Gasteiger partial charge in [0.25, 0.3) is 5.91 Å². The first-order valence-electron chi connectivity index (χ1n) is 17.0. The van der Waals surface area contributed by atoms with E-state index in [2.05, 4.69) is 28.0 Å². The first-order chi connectivity index (χ1) is 22.9. The number of fused-ring (bicyclic) bond motifs is 1. The second-order valence-corrected chi connectivity index (χ2v) is 12.8. The average Bonchev–Trinajstić information content (AvgIpc) is 3.62. The zero-order valence-corrected chi connectivity index (χ0v) is 28.3. The van der Waals surface area contributed by atoms with Crippen molar-refractivity contribution in [2.24, 2.45) is 4.99 Å². The summed E-state index contributed by atoms with van der Waals surface area (Å²) < 4.78 is 1.61. The van der Waals surface area contributed by atoms with Crippen LogP contribution in [0, 0.1) is 6.92 Å². The van der Waals surface area contributed by atoms with Crippen LogP contribution in [0.25, 0.3) is 11.0 Å². The van der Waals surface area contributed by atoms with E-state index in [0.29, 0.717) is 35.2 Å². The third kappa shape index (κ3) is 9.19. The molecular weight excluding hydrogens is 610 g/mol. The molecule has 0 radical (unpaired) electrons. The molecule has 2 heterocycles. The number of hydrazine groups is 1. The van der Waals surface area contributed by atoms with E-state index in [9.17, 15) is 9.59 Å². The number of halogens is 1. The quantitative estimate of drug-likeness (QED) is 0.111. The van der Waals surface area contributed by atoms with Crippen LogP contribution >= 0.6 is 11.6 Å². The van der Waals surface area contributed by atoms with Crippen LogP contribution in [0.2, 0.25) is 5.02 Å². The predicted octanol–water partition coefficient (Wildman–Crippen LogP) is 8.85. The number of unbranched alkanes of at least 4 members (excludes halogenated alkanes) is 10. The predicted molar refractivity (Wildman–Crippen MR) is 190 cm³/mol. The first-order valence-corrected chi connectivity index (χ1v) is 17.4. The summed E-state index contributed by atoms with van der Waals surface area (Å²) in [5.41, 5.74) is 7.62. The SMILES string of the molecule is CCCCCCCCCCCCCC(=O)Nc1ccc(Cl)c(N=C2NN(Cc3ccccc3)C(=O)C2n2nnc3c(C)cccc32)c1. The number of amides is 2. The van der Waals surface area contributed by atoms with Gasteiger partial charge in [-0.05, 0) is 48.7 Å². The molecule has 10 heteroatoms. The van der Waals surface area contributed by atoms with Crippen molar-refractivity contribution in [3.05, 3.63) is 82.9 Å². The van der Waals surface area contributed by atoms with Crippen LogP contribution in [0.3, 0.4) is 0 Å². The number of anilines is 1. The van der Waals surface area contributed by atoms with Crippen LogP contribution in [-0.4, -0.2) is 37.7 Å². The molecular formula is C37H46ClN7O2. The largest absolute Gasteiger partial charge is 0.326 e. The standard InChI is InChI=1S/C37H46ClN7O2/c1-3-4-5-6-7-8-9-10-11-12-16-22-33(46)39-29-23-24-30(38)31(25-29)40-36-35(45-32-21-17-18-27(2)34(32)41-43-45)37(47)44(42-36)26-28-19-14-13-15-20-28/h13-15,17-21,23-25,35H,3-12,16,22,26H2,1-2H3,(H,39,46)(H,40,42). The molecule has 5 rings (SSSR count). The molecule has 1 atom stereocenters. The van der Waals surface area contributed by atoms with Crippen LogP contribution in [0.4, 0.5) is 11.4 Å². The van der Waals surface area contributed by atoms with Gasteiger partial charge in [0.2, 0.25) is 5.91 Å². The number of carbonyl (C=O) groups excluding carboxylic acids is 2. The average molecular weight is 656 g/mol. The fourth-order valence-electron chi connectivity index (χ4n) is 5.98. The summed E-state index contributed by atoms with van der Waals surface area (Å²) in [5.74, 6) is 0.117. The number of aromatic nitrogens is 3. The van der Waals surface area contributed by atoms with E-state index in [1.165, 1.54) is 62.8 Å². The monoisotopic (exact) mass is 655 g/mol. The minimum Gasteiger partial charge on any atom is -0.326 e. The second-order valence-electron chi connectivity index (χ2n) is 12.4. The molecule has 0 aliphatic carbocycles. The fourth-order valence-corrected chi connectivity index (χ4v) is 6.14.